The van der Waals surface area contributed by atoms with E-state index in [1.807, 2.05) is 20.8 Å². The zero-order valence-corrected chi connectivity index (χ0v) is 10.7. The summed E-state index contributed by atoms with van der Waals surface area (Å²) in [6.45, 7) is 9.12. The second-order valence-corrected chi connectivity index (χ2v) is 5.76. The molecule has 2 amide bonds. The number of nitrogens with zero attached hydrogens (tertiary/aromatic N) is 1. The van der Waals surface area contributed by atoms with Crippen LogP contribution in [0.4, 0.5) is 0 Å². The van der Waals surface area contributed by atoms with Gasteiger partial charge in [-0.25, -0.2) is 0 Å². The first-order chi connectivity index (χ1) is 7.28. The lowest BCUT2D eigenvalue weighted by atomic mass is 9.92. The van der Waals surface area contributed by atoms with Crippen LogP contribution in [0.25, 0.3) is 0 Å². The van der Waals surface area contributed by atoms with Crippen molar-refractivity contribution in [2.75, 3.05) is 13.1 Å². The maximum atomic E-state index is 11.7. The molecule has 1 heterocycles. The maximum absolute atomic E-state index is 11.7. The van der Waals surface area contributed by atoms with Gasteiger partial charge in [0.25, 0.3) is 0 Å². The summed E-state index contributed by atoms with van der Waals surface area (Å²) in [5, 5.41) is 2.99. The van der Waals surface area contributed by atoms with Gasteiger partial charge in [0, 0.05) is 32.5 Å². The van der Waals surface area contributed by atoms with Crippen LogP contribution in [0.5, 0.6) is 0 Å². The minimum atomic E-state index is 0.0168. The molecule has 1 aliphatic rings. The summed E-state index contributed by atoms with van der Waals surface area (Å²) in [4.78, 5) is 24.6. The van der Waals surface area contributed by atoms with Gasteiger partial charge in [-0.3, -0.25) is 9.59 Å². The van der Waals surface area contributed by atoms with Crippen LogP contribution in [0.15, 0.2) is 0 Å². The van der Waals surface area contributed by atoms with E-state index in [-0.39, 0.29) is 23.3 Å². The highest BCUT2D eigenvalue weighted by molar-refractivity contribution is 5.77. The molecule has 0 spiro atoms. The van der Waals surface area contributed by atoms with E-state index in [0.717, 1.165) is 13.0 Å². The smallest absolute Gasteiger partial charge is 0.220 e. The standard InChI is InChI=1S/C12H22N2O2/c1-9(15)14-6-5-10(8-14)13-11(16)7-12(2,3)4/h10H,5-8H2,1-4H3,(H,13,16). The van der Waals surface area contributed by atoms with Crippen LogP contribution >= 0.6 is 0 Å². The Bertz CT molecular complexity index is 281. The lowest BCUT2D eigenvalue weighted by Crippen LogP contribution is -2.39. The van der Waals surface area contributed by atoms with E-state index in [1.54, 1.807) is 11.8 Å². The third-order valence-corrected chi connectivity index (χ3v) is 2.69. The van der Waals surface area contributed by atoms with Crippen molar-refractivity contribution in [3.05, 3.63) is 0 Å². The molecule has 0 aliphatic carbocycles. The molecule has 4 nitrogen and oxygen atoms in total. The minimum Gasteiger partial charge on any atom is -0.352 e. The number of nitrogens with one attached hydrogen (secondary N) is 1. The highest BCUT2D eigenvalue weighted by Crippen LogP contribution is 2.18. The number of rotatable bonds is 2. The van der Waals surface area contributed by atoms with E-state index >= 15 is 0 Å². The molecule has 1 fully saturated rings. The van der Waals surface area contributed by atoms with Crippen LogP contribution in [-0.4, -0.2) is 35.8 Å². The molecule has 0 aromatic heterocycles. The molecule has 0 saturated carbocycles. The number of carbonyl (C=O) groups is 2. The highest BCUT2D eigenvalue weighted by atomic mass is 16.2. The first-order valence-electron chi connectivity index (χ1n) is 5.83. The van der Waals surface area contributed by atoms with Gasteiger partial charge in [0.05, 0.1) is 0 Å². The first-order valence-corrected chi connectivity index (χ1v) is 5.83. The Kier molecular flexibility index (Phi) is 3.94. The van der Waals surface area contributed by atoms with Gasteiger partial charge in [-0.2, -0.15) is 0 Å². The molecule has 1 rings (SSSR count). The highest BCUT2D eigenvalue weighted by Gasteiger charge is 2.26. The Labute approximate surface area is 97.4 Å². The molecule has 0 radical (unpaired) electrons. The molecule has 16 heavy (non-hydrogen) atoms. The number of hydrogen-bond donors (Lipinski definition) is 1. The molecule has 92 valence electrons. The molecule has 1 aliphatic heterocycles. The summed E-state index contributed by atoms with van der Waals surface area (Å²) < 4.78 is 0. The summed E-state index contributed by atoms with van der Waals surface area (Å²) in [6, 6.07) is 0.138. The number of hydrogen-bond acceptors (Lipinski definition) is 2. The Balaban J connectivity index is 2.34. The molecular weight excluding hydrogens is 204 g/mol. The lowest BCUT2D eigenvalue weighted by Gasteiger charge is -2.20. The van der Waals surface area contributed by atoms with Crippen molar-refractivity contribution in [3.8, 4) is 0 Å². The van der Waals surface area contributed by atoms with Crippen LogP contribution in [0.2, 0.25) is 0 Å². The molecule has 0 aromatic rings. The lowest BCUT2D eigenvalue weighted by molar-refractivity contribution is -0.128. The topological polar surface area (TPSA) is 49.4 Å². The summed E-state index contributed by atoms with van der Waals surface area (Å²) in [5.41, 5.74) is 0.0168. The second kappa shape index (κ2) is 4.85. The zero-order chi connectivity index (χ0) is 12.3. The van der Waals surface area contributed by atoms with Crippen molar-refractivity contribution in [1.82, 2.24) is 10.2 Å². The summed E-state index contributed by atoms with van der Waals surface area (Å²) >= 11 is 0. The average Bonchev–Trinajstić information content (AvgIpc) is 2.48. The van der Waals surface area contributed by atoms with Gasteiger partial charge in [-0.15, -0.1) is 0 Å². The largest absolute Gasteiger partial charge is 0.352 e. The van der Waals surface area contributed by atoms with E-state index in [4.69, 9.17) is 0 Å². The van der Waals surface area contributed by atoms with Crippen LogP contribution in [0.3, 0.4) is 0 Å². The minimum absolute atomic E-state index is 0.0168. The first kappa shape index (κ1) is 13.0. The van der Waals surface area contributed by atoms with E-state index in [1.165, 1.54) is 0 Å². The number of likely N-dealkylation sites (tertiary alicyclic amines) is 1. The van der Waals surface area contributed by atoms with Crippen molar-refractivity contribution in [1.29, 1.82) is 0 Å². The Morgan fingerprint density at radius 1 is 1.38 bits per heavy atom. The maximum Gasteiger partial charge on any atom is 0.220 e. The summed E-state index contributed by atoms with van der Waals surface area (Å²) in [6.07, 6.45) is 1.40. The predicted octanol–water partition coefficient (Wildman–Crippen LogP) is 1.16. The predicted molar refractivity (Wildman–Crippen MR) is 62.9 cm³/mol. The van der Waals surface area contributed by atoms with Crippen molar-refractivity contribution in [2.24, 2.45) is 5.41 Å². The van der Waals surface area contributed by atoms with Crippen LogP contribution < -0.4 is 5.32 Å². The fourth-order valence-electron chi connectivity index (χ4n) is 1.92. The monoisotopic (exact) mass is 226 g/mol. The molecule has 1 atom stereocenters. The average molecular weight is 226 g/mol. The quantitative estimate of drug-likeness (QED) is 0.768. The van der Waals surface area contributed by atoms with Gasteiger partial charge in [-0.05, 0) is 11.8 Å². The third-order valence-electron chi connectivity index (χ3n) is 2.69. The second-order valence-electron chi connectivity index (χ2n) is 5.76. The van der Waals surface area contributed by atoms with Crippen LogP contribution in [-0.2, 0) is 9.59 Å². The Morgan fingerprint density at radius 2 is 2.00 bits per heavy atom. The van der Waals surface area contributed by atoms with E-state index in [2.05, 4.69) is 5.32 Å². The van der Waals surface area contributed by atoms with Gasteiger partial charge in [-0.1, -0.05) is 20.8 Å². The van der Waals surface area contributed by atoms with E-state index < -0.39 is 0 Å². The molecule has 0 bridgehead atoms. The van der Waals surface area contributed by atoms with Gasteiger partial charge in [0.2, 0.25) is 11.8 Å². The van der Waals surface area contributed by atoms with Crippen LogP contribution in [0.1, 0.15) is 40.5 Å². The van der Waals surface area contributed by atoms with Gasteiger partial charge in [0.15, 0.2) is 0 Å². The fourth-order valence-corrected chi connectivity index (χ4v) is 1.92. The van der Waals surface area contributed by atoms with Crippen molar-refractivity contribution in [2.45, 2.75) is 46.6 Å². The Hall–Kier alpha value is -1.06. The third kappa shape index (κ3) is 4.21. The number of carbonyl (C=O) groups excluding carboxylic acids is 2. The molecule has 0 aromatic carbocycles. The van der Waals surface area contributed by atoms with E-state index in [9.17, 15) is 9.59 Å². The van der Waals surface area contributed by atoms with Gasteiger partial charge < -0.3 is 10.2 Å². The van der Waals surface area contributed by atoms with Crippen LogP contribution in [0, 0.1) is 5.41 Å². The van der Waals surface area contributed by atoms with E-state index in [0.29, 0.717) is 13.0 Å². The SMILES string of the molecule is CC(=O)N1CCC(NC(=O)CC(C)(C)C)C1. The molecular formula is C12H22N2O2. The summed E-state index contributed by atoms with van der Waals surface area (Å²) in [7, 11) is 0. The van der Waals surface area contributed by atoms with Crippen molar-refractivity contribution < 1.29 is 9.59 Å². The van der Waals surface area contributed by atoms with Crippen molar-refractivity contribution >= 4 is 11.8 Å². The molecule has 1 unspecified atom stereocenters. The fraction of sp³-hybridized carbons (Fsp3) is 0.833. The molecule has 1 N–H and O–H groups in total. The summed E-state index contributed by atoms with van der Waals surface area (Å²) in [5.74, 6) is 0.176. The normalized spacial score (nSPS) is 21.0. The Morgan fingerprint density at radius 3 is 2.44 bits per heavy atom. The molecule has 4 heteroatoms. The van der Waals surface area contributed by atoms with Gasteiger partial charge >= 0.3 is 0 Å². The zero-order valence-electron chi connectivity index (χ0n) is 10.7. The number of amides is 2. The molecule has 1 saturated heterocycles. The van der Waals surface area contributed by atoms with Gasteiger partial charge in [0.1, 0.15) is 0 Å². The van der Waals surface area contributed by atoms with Crippen molar-refractivity contribution in [3.63, 3.8) is 0 Å².